The first-order chi connectivity index (χ1) is 9.38. The molecule has 0 spiro atoms. The number of sulfonamides is 1. The van der Waals surface area contributed by atoms with Gasteiger partial charge >= 0.3 is 0 Å². The Balaban J connectivity index is 2.24. The summed E-state index contributed by atoms with van der Waals surface area (Å²) in [5.74, 6) is 0. The second-order valence-corrected chi connectivity index (χ2v) is 6.44. The van der Waals surface area contributed by atoms with Gasteiger partial charge in [0.25, 0.3) is 0 Å². The molecule has 106 valence electrons. The van der Waals surface area contributed by atoms with Crippen molar-refractivity contribution in [2.75, 3.05) is 0 Å². The molecule has 1 atom stereocenters. The number of aromatic amines is 1. The van der Waals surface area contributed by atoms with E-state index in [0.717, 1.165) is 11.8 Å². The number of rotatable bonds is 4. The van der Waals surface area contributed by atoms with E-state index in [9.17, 15) is 13.2 Å². The molecular weight excluding hydrogens is 300 g/mol. The molecule has 0 amide bonds. The molecule has 0 aliphatic heterocycles. The fraction of sp³-hybridized carbons (Fsp3) is 0.154. The molecule has 2 N–H and O–H groups in total. The van der Waals surface area contributed by atoms with Gasteiger partial charge < -0.3 is 4.98 Å². The predicted molar refractivity (Wildman–Crippen MR) is 77.3 cm³/mol. The van der Waals surface area contributed by atoms with E-state index < -0.39 is 16.1 Å². The van der Waals surface area contributed by atoms with Gasteiger partial charge in [-0.05, 0) is 30.7 Å². The maximum Gasteiger partial charge on any atom is 0.247 e. The van der Waals surface area contributed by atoms with Crippen LogP contribution in [0.15, 0.2) is 52.3 Å². The van der Waals surface area contributed by atoms with Gasteiger partial charge in [-0.25, -0.2) is 13.1 Å². The third kappa shape index (κ3) is 3.47. The summed E-state index contributed by atoms with van der Waals surface area (Å²) >= 11 is 5.88. The minimum Gasteiger partial charge on any atom is -0.328 e. The summed E-state index contributed by atoms with van der Waals surface area (Å²) in [6.45, 7) is 1.72. The number of pyridine rings is 1. The lowest BCUT2D eigenvalue weighted by molar-refractivity contribution is 0.566. The molecule has 1 aromatic carbocycles. The van der Waals surface area contributed by atoms with Crippen LogP contribution in [0.3, 0.4) is 0 Å². The van der Waals surface area contributed by atoms with Crippen molar-refractivity contribution in [3.8, 4) is 0 Å². The lowest BCUT2D eigenvalue weighted by Gasteiger charge is -2.14. The Bertz CT molecular complexity index is 751. The summed E-state index contributed by atoms with van der Waals surface area (Å²) in [7, 11) is -3.70. The summed E-state index contributed by atoms with van der Waals surface area (Å²) in [6, 6.07) is 8.93. The van der Waals surface area contributed by atoms with E-state index in [2.05, 4.69) is 9.71 Å². The van der Waals surface area contributed by atoms with Gasteiger partial charge in [-0.3, -0.25) is 4.79 Å². The van der Waals surface area contributed by atoms with Gasteiger partial charge in [-0.15, -0.1) is 0 Å². The number of halogens is 1. The molecule has 0 aliphatic rings. The van der Waals surface area contributed by atoms with Crippen molar-refractivity contribution < 1.29 is 8.42 Å². The van der Waals surface area contributed by atoms with Crippen molar-refractivity contribution in [1.82, 2.24) is 9.71 Å². The van der Waals surface area contributed by atoms with Crippen LogP contribution in [0.1, 0.15) is 18.5 Å². The predicted octanol–water partition coefficient (Wildman–Crippen LogP) is 2.07. The highest BCUT2D eigenvalue weighted by Gasteiger charge is 2.18. The Morgan fingerprint density at radius 1 is 1.25 bits per heavy atom. The van der Waals surface area contributed by atoms with Gasteiger partial charge in [0, 0.05) is 23.3 Å². The molecule has 20 heavy (non-hydrogen) atoms. The Morgan fingerprint density at radius 2 is 2.00 bits per heavy atom. The fourth-order valence-corrected chi connectivity index (χ4v) is 3.11. The Labute approximate surface area is 121 Å². The Kier molecular flexibility index (Phi) is 4.27. The average Bonchev–Trinajstić information content (AvgIpc) is 2.38. The van der Waals surface area contributed by atoms with Crippen molar-refractivity contribution in [3.63, 3.8) is 0 Å². The third-order valence-electron chi connectivity index (χ3n) is 2.75. The van der Waals surface area contributed by atoms with Crippen molar-refractivity contribution in [2.45, 2.75) is 17.9 Å². The number of nitrogens with one attached hydrogen (secondary N) is 2. The molecule has 0 radical (unpaired) electrons. The second kappa shape index (κ2) is 5.78. The van der Waals surface area contributed by atoms with Crippen molar-refractivity contribution in [3.05, 3.63) is 63.5 Å². The lowest BCUT2D eigenvalue weighted by atomic mass is 10.1. The first kappa shape index (κ1) is 14.8. The molecule has 7 heteroatoms. The molecule has 1 aromatic heterocycles. The first-order valence-electron chi connectivity index (χ1n) is 5.85. The molecule has 0 bridgehead atoms. The van der Waals surface area contributed by atoms with Gasteiger partial charge in [-0.1, -0.05) is 23.7 Å². The zero-order chi connectivity index (χ0) is 14.8. The van der Waals surface area contributed by atoms with Crippen LogP contribution in [0.5, 0.6) is 0 Å². The van der Waals surface area contributed by atoms with E-state index in [1.165, 1.54) is 12.1 Å². The number of hydrogen-bond donors (Lipinski definition) is 2. The maximum absolute atomic E-state index is 12.1. The van der Waals surface area contributed by atoms with Crippen LogP contribution in [-0.2, 0) is 10.0 Å². The highest BCUT2D eigenvalue weighted by molar-refractivity contribution is 7.89. The first-order valence-corrected chi connectivity index (χ1v) is 7.71. The average molecular weight is 313 g/mol. The smallest absolute Gasteiger partial charge is 0.247 e. The van der Waals surface area contributed by atoms with E-state index in [-0.39, 0.29) is 10.5 Å². The number of benzene rings is 1. The van der Waals surface area contributed by atoms with Crippen LogP contribution >= 0.6 is 11.6 Å². The second-order valence-electron chi connectivity index (χ2n) is 4.29. The molecule has 0 fully saturated rings. The van der Waals surface area contributed by atoms with Gasteiger partial charge in [0.1, 0.15) is 0 Å². The SMILES string of the molecule is CC(NS(=O)(=O)c1ccc(=O)[nH]c1)c1cccc(Cl)c1. The maximum atomic E-state index is 12.1. The molecule has 2 rings (SSSR count). The molecule has 1 unspecified atom stereocenters. The largest absolute Gasteiger partial charge is 0.328 e. The number of H-pyrrole nitrogens is 1. The van der Waals surface area contributed by atoms with Crippen molar-refractivity contribution in [2.24, 2.45) is 0 Å². The lowest BCUT2D eigenvalue weighted by Crippen LogP contribution is -2.27. The van der Waals surface area contributed by atoms with Crippen LogP contribution in [0, 0.1) is 0 Å². The van der Waals surface area contributed by atoms with Gasteiger partial charge in [0.2, 0.25) is 15.6 Å². The fourth-order valence-electron chi connectivity index (χ4n) is 1.71. The zero-order valence-corrected chi connectivity index (χ0v) is 12.2. The summed E-state index contributed by atoms with van der Waals surface area (Å²) in [5.41, 5.74) is 0.400. The quantitative estimate of drug-likeness (QED) is 0.907. The summed E-state index contributed by atoms with van der Waals surface area (Å²) in [6.07, 6.45) is 1.16. The van der Waals surface area contributed by atoms with Crippen LogP contribution in [0.4, 0.5) is 0 Å². The molecular formula is C13H13ClN2O3S. The summed E-state index contributed by atoms with van der Waals surface area (Å²) < 4.78 is 26.8. The molecule has 5 nitrogen and oxygen atoms in total. The minimum atomic E-state index is -3.70. The third-order valence-corrected chi connectivity index (χ3v) is 4.52. The van der Waals surface area contributed by atoms with E-state index in [0.29, 0.717) is 5.02 Å². The molecule has 0 saturated heterocycles. The topological polar surface area (TPSA) is 79.0 Å². The molecule has 0 aliphatic carbocycles. The summed E-state index contributed by atoms with van der Waals surface area (Å²) in [4.78, 5) is 13.3. The van der Waals surface area contributed by atoms with E-state index in [4.69, 9.17) is 11.6 Å². The van der Waals surface area contributed by atoms with E-state index >= 15 is 0 Å². The Hall–Kier alpha value is -1.63. The number of hydrogen-bond acceptors (Lipinski definition) is 3. The van der Waals surface area contributed by atoms with Crippen LogP contribution in [0.25, 0.3) is 0 Å². The number of aromatic nitrogens is 1. The highest BCUT2D eigenvalue weighted by atomic mass is 35.5. The van der Waals surface area contributed by atoms with Crippen molar-refractivity contribution in [1.29, 1.82) is 0 Å². The summed E-state index contributed by atoms with van der Waals surface area (Å²) in [5, 5.41) is 0.539. The van der Waals surface area contributed by atoms with E-state index in [1.54, 1.807) is 31.2 Å². The molecule has 0 saturated carbocycles. The van der Waals surface area contributed by atoms with Gasteiger partial charge in [0.05, 0.1) is 4.90 Å². The van der Waals surface area contributed by atoms with Crippen LogP contribution < -0.4 is 10.3 Å². The monoisotopic (exact) mass is 312 g/mol. The molecule has 1 heterocycles. The van der Waals surface area contributed by atoms with Gasteiger partial charge in [0.15, 0.2) is 0 Å². The van der Waals surface area contributed by atoms with E-state index in [1.807, 2.05) is 0 Å². The van der Waals surface area contributed by atoms with Crippen LogP contribution in [0.2, 0.25) is 5.02 Å². The standard InChI is InChI=1S/C13H13ClN2O3S/c1-9(10-3-2-4-11(14)7-10)16-20(18,19)12-5-6-13(17)15-8-12/h2-9,16H,1H3,(H,15,17). The highest BCUT2D eigenvalue weighted by Crippen LogP contribution is 2.19. The van der Waals surface area contributed by atoms with Crippen molar-refractivity contribution >= 4 is 21.6 Å². The van der Waals surface area contributed by atoms with Gasteiger partial charge in [-0.2, -0.15) is 0 Å². The normalized spacial score (nSPS) is 13.1. The minimum absolute atomic E-state index is 0.00554. The Morgan fingerprint density at radius 3 is 2.60 bits per heavy atom. The zero-order valence-electron chi connectivity index (χ0n) is 10.6. The van der Waals surface area contributed by atoms with Crippen LogP contribution in [-0.4, -0.2) is 13.4 Å². The molecule has 2 aromatic rings.